The molecule has 0 unspecified atom stereocenters. The summed E-state index contributed by atoms with van der Waals surface area (Å²) in [5.41, 5.74) is 0.315. The number of sulfone groups is 1. The van der Waals surface area contributed by atoms with E-state index in [0.29, 0.717) is 5.56 Å². The van der Waals surface area contributed by atoms with E-state index in [9.17, 15) is 17.6 Å². The molecule has 1 rings (SSSR count). The summed E-state index contributed by atoms with van der Waals surface area (Å²) in [4.78, 5) is 13.4. The van der Waals surface area contributed by atoms with E-state index in [1.54, 1.807) is 39.1 Å². The van der Waals surface area contributed by atoms with Gasteiger partial charge in [0.15, 0.2) is 9.84 Å². The Morgan fingerprint density at radius 1 is 1.35 bits per heavy atom. The summed E-state index contributed by atoms with van der Waals surface area (Å²) >= 11 is 0. The van der Waals surface area contributed by atoms with Crippen molar-refractivity contribution < 1.29 is 17.6 Å². The van der Waals surface area contributed by atoms with Crippen molar-refractivity contribution in [3.63, 3.8) is 0 Å². The number of carbonyl (C=O) groups excluding carboxylic acids is 1. The maximum atomic E-state index is 13.5. The van der Waals surface area contributed by atoms with Crippen molar-refractivity contribution in [2.24, 2.45) is 0 Å². The zero-order chi connectivity index (χ0) is 15.3. The largest absolute Gasteiger partial charge is 0.342 e. The van der Waals surface area contributed by atoms with Crippen LogP contribution in [0.25, 0.3) is 0 Å². The molecule has 0 aromatic heterocycles. The lowest BCUT2D eigenvalue weighted by molar-refractivity contribution is -0.130. The van der Waals surface area contributed by atoms with E-state index >= 15 is 0 Å². The molecule has 0 bridgehead atoms. The molecule has 0 N–H and O–H groups in total. The molecule has 0 saturated carbocycles. The number of likely N-dealkylation sites (N-methyl/N-ethyl adjacent to an activating group) is 1. The van der Waals surface area contributed by atoms with Gasteiger partial charge in [0, 0.05) is 18.8 Å². The summed E-state index contributed by atoms with van der Waals surface area (Å²) in [7, 11) is -1.61. The van der Waals surface area contributed by atoms with Gasteiger partial charge in [-0.15, -0.1) is 0 Å². The third-order valence-corrected chi connectivity index (χ3v) is 5.16. The Kier molecular flexibility index (Phi) is 5.68. The zero-order valence-electron chi connectivity index (χ0n) is 12.0. The molecule has 112 valence electrons. The highest BCUT2D eigenvalue weighted by molar-refractivity contribution is 7.91. The lowest BCUT2D eigenvalue weighted by Gasteiger charge is -2.24. The van der Waals surface area contributed by atoms with Crippen LogP contribution in [0.3, 0.4) is 0 Å². The van der Waals surface area contributed by atoms with Crippen molar-refractivity contribution in [1.29, 1.82) is 0 Å². The van der Waals surface area contributed by atoms with Gasteiger partial charge in [-0.2, -0.15) is 0 Å². The predicted molar refractivity (Wildman–Crippen MR) is 76.7 cm³/mol. The first-order valence-corrected chi connectivity index (χ1v) is 8.28. The van der Waals surface area contributed by atoms with Gasteiger partial charge in [-0.25, -0.2) is 12.8 Å². The highest BCUT2D eigenvalue weighted by Crippen LogP contribution is 2.10. The minimum Gasteiger partial charge on any atom is -0.342 e. The standard InChI is InChI=1S/C14H20FNO3S/c1-4-20(18,19)10-11(2)16(3)14(17)9-12-7-5-6-8-13(12)15/h5-8,11H,4,9-10H2,1-3H3/t11-/m1/s1. The van der Waals surface area contributed by atoms with E-state index in [2.05, 4.69) is 0 Å². The molecule has 1 aromatic rings. The van der Waals surface area contributed by atoms with Gasteiger partial charge in [0.2, 0.25) is 5.91 Å². The normalized spacial score (nSPS) is 13.0. The summed E-state index contributed by atoms with van der Waals surface area (Å²) in [6, 6.07) is 5.64. The second-order valence-corrected chi connectivity index (χ2v) is 7.22. The van der Waals surface area contributed by atoms with Crippen LogP contribution in [0, 0.1) is 5.82 Å². The first kappa shape index (κ1) is 16.6. The number of rotatable bonds is 6. The number of amides is 1. The molecule has 0 heterocycles. The number of hydrogen-bond donors (Lipinski definition) is 0. The molecule has 0 aliphatic heterocycles. The first-order chi connectivity index (χ1) is 9.26. The van der Waals surface area contributed by atoms with Crippen molar-refractivity contribution in [3.8, 4) is 0 Å². The van der Waals surface area contributed by atoms with Gasteiger partial charge in [-0.1, -0.05) is 25.1 Å². The summed E-state index contributed by atoms with van der Waals surface area (Å²) in [6.45, 7) is 3.25. The molecule has 1 amide bonds. The van der Waals surface area contributed by atoms with Crippen LogP contribution in [-0.2, 0) is 21.1 Å². The average Bonchev–Trinajstić information content (AvgIpc) is 2.40. The number of hydrogen-bond acceptors (Lipinski definition) is 3. The van der Waals surface area contributed by atoms with Gasteiger partial charge in [-0.3, -0.25) is 4.79 Å². The molecule has 0 saturated heterocycles. The van der Waals surface area contributed by atoms with Crippen molar-refractivity contribution >= 4 is 15.7 Å². The second kappa shape index (κ2) is 6.83. The zero-order valence-corrected chi connectivity index (χ0v) is 12.8. The van der Waals surface area contributed by atoms with Crippen LogP contribution < -0.4 is 0 Å². The van der Waals surface area contributed by atoms with Crippen LogP contribution in [0.5, 0.6) is 0 Å². The maximum Gasteiger partial charge on any atom is 0.227 e. The molecule has 0 radical (unpaired) electrons. The van der Waals surface area contributed by atoms with Crippen molar-refractivity contribution in [2.45, 2.75) is 26.3 Å². The van der Waals surface area contributed by atoms with Crippen LogP contribution in [0.15, 0.2) is 24.3 Å². The lowest BCUT2D eigenvalue weighted by atomic mass is 10.1. The van der Waals surface area contributed by atoms with Gasteiger partial charge in [0.25, 0.3) is 0 Å². The lowest BCUT2D eigenvalue weighted by Crippen LogP contribution is -2.40. The van der Waals surface area contributed by atoms with Gasteiger partial charge < -0.3 is 4.90 Å². The molecule has 0 spiro atoms. The van der Waals surface area contributed by atoms with E-state index in [1.165, 1.54) is 11.0 Å². The van der Waals surface area contributed by atoms with E-state index < -0.39 is 21.7 Å². The van der Waals surface area contributed by atoms with Gasteiger partial charge in [0.05, 0.1) is 12.2 Å². The number of carbonyl (C=O) groups is 1. The Morgan fingerprint density at radius 2 is 1.95 bits per heavy atom. The molecule has 4 nitrogen and oxygen atoms in total. The van der Waals surface area contributed by atoms with E-state index in [-0.39, 0.29) is 23.8 Å². The van der Waals surface area contributed by atoms with Crippen LogP contribution in [0.2, 0.25) is 0 Å². The maximum absolute atomic E-state index is 13.5. The second-order valence-electron chi connectivity index (χ2n) is 4.82. The molecule has 0 aliphatic carbocycles. The summed E-state index contributed by atoms with van der Waals surface area (Å²) in [6.07, 6.45) is -0.0698. The minimum absolute atomic E-state index is 0.0483. The van der Waals surface area contributed by atoms with Gasteiger partial charge in [-0.05, 0) is 18.6 Å². The van der Waals surface area contributed by atoms with Crippen LogP contribution in [0.1, 0.15) is 19.4 Å². The van der Waals surface area contributed by atoms with Crippen LogP contribution >= 0.6 is 0 Å². The molecule has 6 heteroatoms. The highest BCUT2D eigenvalue weighted by atomic mass is 32.2. The molecule has 0 fully saturated rings. The summed E-state index contributed by atoms with van der Waals surface area (Å²) < 4.78 is 36.6. The topological polar surface area (TPSA) is 54.5 Å². The molecular weight excluding hydrogens is 281 g/mol. The van der Waals surface area contributed by atoms with E-state index in [0.717, 1.165) is 0 Å². The fourth-order valence-electron chi connectivity index (χ4n) is 1.77. The van der Waals surface area contributed by atoms with Crippen molar-refractivity contribution in [2.75, 3.05) is 18.6 Å². The number of nitrogens with zero attached hydrogens (tertiary/aromatic N) is 1. The average molecular weight is 301 g/mol. The van der Waals surface area contributed by atoms with E-state index in [4.69, 9.17) is 0 Å². The monoisotopic (exact) mass is 301 g/mol. The Hall–Kier alpha value is -1.43. The third-order valence-electron chi connectivity index (χ3n) is 3.29. The minimum atomic E-state index is -3.15. The Balaban J connectivity index is 2.70. The SMILES string of the molecule is CCS(=O)(=O)C[C@@H](C)N(C)C(=O)Cc1ccccc1F. The highest BCUT2D eigenvalue weighted by Gasteiger charge is 2.21. The molecule has 1 atom stereocenters. The Labute approximate surface area is 119 Å². The summed E-state index contributed by atoms with van der Waals surface area (Å²) in [5, 5.41) is 0. The van der Waals surface area contributed by atoms with E-state index in [1.807, 2.05) is 0 Å². The number of halogens is 1. The Bertz CT molecular complexity index is 572. The third kappa shape index (κ3) is 4.59. The smallest absolute Gasteiger partial charge is 0.227 e. The van der Waals surface area contributed by atoms with Crippen molar-refractivity contribution in [1.82, 2.24) is 4.90 Å². The van der Waals surface area contributed by atoms with Crippen LogP contribution in [-0.4, -0.2) is 43.8 Å². The number of benzene rings is 1. The first-order valence-electron chi connectivity index (χ1n) is 6.46. The Morgan fingerprint density at radius 3 is 2.50 bits per heavy atom. The van der Waals surface area contributed by atoms with Crippen molar-refractivity contribution in [3.05, 3.63) is 35.6 Å². The fourth-order valence-corrected chi connectivity index (χ4v) is 2.97. The molecule has 0 aliphatic rings. The van der Waals surface area contributed by atoms with Crippen LogP contribution in [0.4, 0.5) is 4.39 Å². The van der Waals surface area contributed by atoms with Gasteiger partial charge >= 0.3 is 0 Å². The molecule has 20 heavy (non-hydrogen) atoms. The molecule has 1 aromatic carbocycles. The fraction of sp³-hybridized carbons (Fsp3) is 0.500. The van der Waals surface area contributed by atoms with Gasteiger partial charge in [0.1, 0.15) is 5.82 Å². The quantitative estimate of drug-likeness (QED) is 0.803. The molecular formula is C14H20FNO3S. The summed E-state index contributed by atoms with van der Waals surface area (Å²) in [5.74, 6) is -0.757. The predicted octanol–water partition coefficient (Wildman–Crippen LogP) is 1.65.